The molecule has 0 bridgehead atoms. The van der Waals surface area contributed by atoms with Gasteiger partial charge in [0.15, 0.2) is 0 Å². The van der Waals surface area contributed by atoms with E-state index in [-0.39, 0.29) is 6.42 Å². The van der Waals surface area contributed by atoms with Gasteiger partial charge in [0.05, 0.1) is 11.8 Å². The molecule has 2 atom stereocenters. The largest absolute Gasteiger partial charge is 0.392 e. The molecule has 0 aromatic heterocycles. The van der Waals surface area contributed by atoms with E-state index < -0.39 is 23.9 Å². The highest BCUT2D eigenvalue weighted by atomic mass is 19.4. The Balaban J connectivity index is 1.92. The Bertz CT molecular complexity index is 388. The lowest BCUT2D eigenvalue weighted by Crippen LogP contribution is -2.20. The molecule has 1 saturated carbocycles. The number of hydrogen-bond acceptors (Lipinski definition) is 1. The van der Waals surface area contributed by atoms with Crippen LogP contribution in [0.4, 0.5) is 18.9 Å². The van der Waals surface area contributed by atoms with Crippen LogP contribution in [-0.2, 0) is 4.79 Å². The highest BCUT2D eigenvalue weighted by Crippen LogP contribution is 2.50. The van der Waals surface area contributed by atoms with E-state index in [1.54, 1.807) is 30.3 Å². The average Bonchev–Trinajstić information content (AvgIpc) is 2.97. The molecule has 0 saturated heterocycles. The number of amides is 1. The average molecular weight is 229 g/mol. The van der Waals surface area contributed by atoms with E-state index in [0.717, 1.165) is 0 Å². The number of halogens is 3. The smallest absolute Gasteiger partial charge is 0.326 e. The van der Waals surface area contributed by atoms with Gasteiger partial charge in [-0.1, -0.05) is 18.2 Å². The Morgan fingerprint density at radius 3 is 2.38 bits per heavy atom. The van der Waals surface area contributed by atoms with Gasteiger partial charge in [0.25, 0.3) is 0 Å². The number of hydrogen-bond donors (Lipinski definition) is 1. The van der Waals surface area contributed by atoms with Crippen LogP contribution in [0.1, 0.15) is 6.42 Å². The van der Waals surface area contributed by atoms with Crippen molar-refractivity contribution in [2.75, 3.05) is 5.32 Å². The van der Waals surface area contributed by atoms with Crippen molar-refractivity contribution in [3.05, 3.63) is 30.3 Å². The number of benzene rings is 1. The van der Waals surface area contributed by atoms with E-state index in [9.17, 15) is 18.0 Å². The van der Waals surface area contributed by atoms with Crippen molar-refractivity contribution in [1.82, 2.24) is 0 Å². The lowest BCUT2D eigenvalue weighted by atomic mass is 10.2. The molecular weight excluding hydrogens is 219 g/mol. The fraction of sp³-hybridized carbons (Fsp3) is 0.364. The quantitative estimate of drug-likeness (QED) is 0.830. The maximum absolute atomic E-state index is 12.2. The first-order valence-corrected chi connectivity index (χ1v) is 4.91. The zero-order valence-electron chi connectivity index (χ0n) is 8.29. The summed E-state index contributed by atoms with van der Waals surface area (Å²) in [5.74, 6) is -2.93. The van der Waals surface area contributed by atoms with E-state index in [1.807, 2.05) is 0 Å². The van der Waals surface area contributed by atoms with Gasteiger partial charge in [-0.15, -0.1) is 0 Å². The summed E-state index contributed by atoms with van der Waals surface area (Å²) in [5, 5.41) is 2.47. The van der Waals surface area contributed by atoms with Crippen molar-refractivity contribution in [3.8, 4) is 0 Å². The van der Waals surface area contributed by atoms with Gasteiger partial charge in [0.2, 0.25) is 5.91 Å². The van der Waals surface area contributed by atoms with Gasteiger partial charge in [-0.05, 0) is 18.6 Å². The predicted molar refractivity (Wildman–Crippen MR) is 52.7 cm³/mol. The van der Waals surface area contributed by atoms with E-state index >= 15 is 0 Å². The van der Waals surface area contributed by atoms with Crippen molar-refractivity contribution in [3.63, 3.8) is 0 Å². The summed E-state index contributed by atoms with van der Waals surface area (Å²) < 4.78 is 36.6. The topological polar surface area (TPSA) is 29.1 Å². The third kappa shape index (κ3) is 2.35. The van der Waals surface area contributed by atoms with Crippen LogP contribution in [0.25, 0.3) is 0 Å². The molecule has 1 aromatic rings. The summed E-state index contributed by atoms with van der Waals surface area (Å²) in [6.07, 6.45) is -4.35. The summed E-state index contributed by atoms with van der Waals surface area (Å²) in [4.78, 5) is 11.4. The Kier molecular flexibility index (Phi) is 2.61. The number of rotatable bonds is 2. The summed E-state index contributed by atoms with van der Waals surface area (Å²) in [6, 6.07) is 8.48. The van der Waals surface area contributed by atoms with Gasteiger partial charge in [0.1, 0.15) is 0 Å². The first-order chi connectivity index (χ1) is 7.48. The lowest BCUT2D eigenvalue weighted by molar-refractivity contribution is -0.153. The zero-order valence-corrected chi connectivity index (χ0v) is 8.29. The second-order valence-electron chi connectivity index (χ2n) is 3.85. The Morgan fingerprint density at radius 1 is 1.25 bits per heavy atom. The maximum Gasteiger partial charge on any atom is 0.392 e. The SMILES string of the molecule is O=C(Nc1ccccc1)[C@H]1C[C@H]1C(F)(F)F. The summed E-state index contributed by atoms with van der Waals surface area (Å²) in [5.41, 5.74) is 0.528. The highest BCUT2D eigenvalue weighted by Gasteiger charge is 2.58. The minimum absolute atomic E-state index is 0.0951. The first-order valence-electron chi connectivity index (χ1n) is 4.91. The predicted octanol–water partition coefficient (Wildman–Crippen LogP) is 2.82. The molecular formula is C11H10F3NO. The first kappa shape index (κ1) is 11.0. The zero-order chi connectivity index (χ0) is 11.8. The maximum atomic E-state index is 12.2. The third-order valence-corrected chi connectivity index (χ3v) is 2.59. The molecule has 1 fully saturated rings. The van der Waals surface area contributed by atoms with Crippen molar-refractivity contribution in [1.29, 1.82) is 0 Å². The van der Waals surface area contributed by atoms with E-state index in [0.29, 0.717) is 5.69 Å². The Hall–Kier alpha value is -1.52. The van der Waals surface area contributed by atoms with Gasteiger partial charge in [-0.25, -0.2) is 0 Å². The molecule has 0 unspecified atom stereocenters. The molecule has 1 N–H and O–H groups in total. The molecule has 2 rings (SSSR count). The van der Waals surface area contributed by atoms with E-state index in [4.69, 9.17) is 0 Å². The second kappa shape index (κ2) is 3.81. The molecule has 5 heteroatoms. The molecule has 2 nitrogen and oxygen atoms in total. The molecule has 1 aromatic carbocycles. The fourth-order valence-electron chi connectivity index (χ4n) is 1.60. The summed E-state index contributed by atoms with van der Waals surface area (Å²) >= 11 is 0. The molecule has 1 aliphatic carbocycles. The summed E-state index contributed by atoms with van der Waals surface area (Å²) in [7, 11) is 0. The third-order valence-electron chi connectivity index (χ3n) is 2.59. The van der Waals surface area contributed by atoms with Crippen LogP contribution in [0.15, 0.2) is 30.3 Å². The molecule has 86 valence electrons. The Labute approximate surface area is 90.5 Å². The number of carbonyl (C=O) groups is 1. The van der Waals surface area contributed by atoms with Crippen molar-refractivity contribution in [2.45, 2.75) is 12.6 Å². The standard InChI is InChI=1S/C11H10F3NO/c12-11(13,14)9-6-8(9)10(16)15-7-4-2-1-3-5-7/h1-5,8-9H,6H2,(H,15,16)/t8-,9+/m0/s1. The van der Waals surface area contributed by atoms with Crippen LogP contribution in [0.2, 0.25) is 0 Å². The number of alkyl halides is 3. The second-order valence-corrected chi connectivity index (χ2v) is 3.85. The van der Waals surface area contributed by atoms with E-state index in [1.165, 1.54) is 0 Å². The van der Waals surface area contributed by atoms with Gasteiger partial charge < -0.3 is 5.32 Å². The fourth-order valence-corrected chi connectivity index (χ4v) is 1.60. The normalized spacial score (nSPS) is 23.9. The van der Waals surface area contributed by atoms with Crippen molar-refractivity contribution < 1.29 is 18.0 Å². The van der Waals surface area contributed by atoms with Crippen molar-refractivity contribution >= 4 is 11.6 Å². The van der Waals surface area contributed by atoms with Gasteiger partial charge in [0, 0.05) is 5.69 Å². The summed E-state index contributed by atoms with van der Waals surface area (Å²) in [6.45, 7) is 0. The Morgan fingerprint density at radius 2 is 1.88 bits per heavy atom. The molecule has 0 heterocycles. The van der Waals surface area contributed by atoms with Gasteiger partial charge >= 0.3 is 6.18 Å². The molecule has 0 radical (unpaired) electrons. The number of para-hydroxylation sites is 1. The van der Waals surface area contributed by atoms with Crippen LogP contribution in [0.5, 0.6) is 0 Å². The van der Waals surface area contributed by atoms with Crippen LogP contribution < -0.4 is 5.32 Å². The lowest BCUT2D eigenvalue weighted by Gasteiger charge is -2.06. The molecule has 0 spiro atoms. The number of nitrogens with one attached hydrogen (secondary N) is 1. The molecule has 16 heavy (non-hydrogen) atoms. The minimum atomic E-state index is -4.25. The number of carbonyl (C=O) groups excluding carboxylic acids is 1. The van der Waals surface area contributed by atoms with Crippen LogP contribution >= 0.6 is 0 Å². The number of anilines is 1. The van der Waals surface area contributed by atoms with Crippen molar-refractivity contribution in [2.24, 2.45) is 11.8 Å². The van der Waals surface area contributed by atoms with Gasteiger partial charge in [-0.2, -0.15) is 13.2 Å². The molecule has 1 aliphatic rings. The molecule has 1 amide bonds. The molecule has 0 aliphatic heterocycles. The van der Waals surface area contributed by atoms with Crippen LogP contribution in [0.3, 0.4) is 0 Å². The van der Waals surface area contributed by atoms with Gasteiger partial charge in [-0.3, -0.25) is 4.79 Å². The van der Waals surface area contributed by atoms with E-state index in [2.05, 4.69) is 5.32 Å². The van der Waals surface area contributed by atoms with Crippen LogP contribution in [0, 0.1) is 11.8 Å². The van der Waals surface area contributed by atoms with Crippen LogP contribution in [-0.4, -0.2) is 12.1 Å². The minimum Gasteiger partial charge on any atom is -0.326 e. The monoisotopic (exact) mass is 229 g/mol. The highest BCUT2D eigenvalue weighted by molar-refractivity contribution is 5.94.